The second kappa shape index (κ2) is 5.92. The number of nitrogens with zero attached hydrogens (tertiary/aromatic N) is 2. The van der Waals surface area contributed by atoms with E-state index in [1.54, 1.807) is 0 Å². The first-order chi connectivity index (χ1) is 10.8. The lowest BCUT2D eigenvalue weighted by atomic mass is 10.1. The lowest BCUT2D eigenvalue weighted by Crippen LogP contribution is -2.39. The van der Waals surface area contributed by atoms with Gasteiger partial charge in [0.05, 0.1) is 32.0 Å². The molecule has 3 heterocycles. The van der Waals surface area contributed by atoms with Gasteiger partial charge in [0.25, 0.3) is 0 Å². The maximum atomic E-state index is 6.20. The summed E-state index contributed by atoms with van der Waals surface area (Å²) in [6, 6.07) is 0.329. The zero-order valence-electron chi connectivity index (χ0n) is 13.2. The van der Waals surface area contributed by atoms with Gasteiger partial charge in [-0.25, -0.2) is 4.98 Å². The molecule has 1 aromatic heterocycles. The highest BCUT2D eigenvalue weighted by Gasteiger charge is 2.43. The number of nitrogens with one attached hydrogen (secondary N) is 1. The Hall–Kier alpha value is -0.950. The third-order valence-corrected chi connectivity index (χ3v) is 4.96. The molecule has 4 rings (SSSR count). The molecular weight excluding hydrogens is 282 g/mol. The fourth-order valence-electron chi connectivity index (χ4n) is 3.50. The van der Waals surface area contributed by atoms with Crippen molar-refractivity contribution in [2.75, 3.05) is 26.4 Å². The van der Waals surface area contributed by atoms with Crippen molar-refractivity contribution >= 4 is 0 Å². The first kappa shape index (κ1) is 14.6. The van der Waals surface area contributed by atoms with Crippen LogP contribution in [-0.4, -0.2) is 47.8 Å². The van der Waals surface area contributed by atoms with Crippen LogP contribution in [0.5, 0.6) is 0 Å². The van der Waals surface area contributed by atoms with Crippen LogP contribution in [0.4, 0.5) is 0 Å². The van der Waals surface area contributed by atoms with Gasteiger partial charge in [-0.1, -0.05) is 0 Å². The predicted octanol–water partition coefficient (Wildman–Crippen LogP) is 1.38. The van der Waals surface area contributed by atoms with Crippen LogP contribution in [0, 0.1) is 5.92 Å². The Bertz CT molecular complexity index is 508. The van der Waals surface area contributed by atoms with Crippen molar-refractivity contribution in [3.8, 4) is 0 Å². The fourth-order valence-corrected chi connectivity index (χ4v) is 3.50. The lowest BCUT2D eigenvalue weighted by Gasteiger charge is -2.31. The molecule has 1 spiro atoms. The minimum absolute atomic E-state index is 0.125. The molecule has 1 aliphatic carbocycles. The molecule has 0 bridgehead atoms. The molecule has 1 N–H and O–H groups in total. The van der Waals surface area contributed by atoms with E-state index >= 15 is 0 Å². The Morgan fingerprint density at radius 1 is 1.41 bits per heavy atom. The Morgan fingerprint density at radius 3 is 2.91 bits per heavy atom. The van der Waals surface area contributed by atoms with Gasteiger partial charge in [0.1, 0.15) is 5.82 Å². The summed E-state index contributed by atoms with van der Waals surface area (Å²) in [6.45, 7) is 2.96. The number of hydrogen-bond acceptors (Lipinski definition) is 5. The second-order valence-corrected chi connectivity index (χ2v) is 6.69. The average Bonchev–Trinajstić information content (AvgIpc) is 3.17. The van der Waals surface area contributed by atoms with Crippen LogP contribution in [0.3, 0.4) is 0 Å². The van der Waals surface area contributed by atoms with Crippen LogP contribution in [0.15, 0.2) is 12.4 Å². The molecular formula is C16H25N3O3. The Kier molecular flexibility index (Phi) is 3.94. The molecule has 1 aromatic rings. The molecule has 6 nitrogen and oxygen atoms in total. The highest BCUT2D eigenvalue weighted by molar-refractivity contribution is 5.04. The largest absolute Gasteiger partial charge is 0.381 e. The van der Waals surface area contributed by atoms with Crippen molar-refractivity contribution < 1.29 is 14.2 Å². The van der Waals surface area contributed by atoms with Crippen LogP contribution in [-0.2, 0) is 21.3 Å². The minimum atomic E-state index is -0.386. The number of aromatic nitrogens is 2. The first-order valence-corrected chi connectivity index (χ1v) is 8.36. The Balaban J connectivity index is 1.35. The van der Waals surface area contributed by atoms with Crippen LogP contribution in [0.1, 0.15) is 37.5 Å². The van der Waals surface area contributed by atoms with Crippen LogP contribution < -0.4 is 5.32 Å². The molecule has 2 saturated heterocycles. The molecule has 122 valence electrons. The van der Waals surface area contributed by atoms with E-state index in [1.807, 2.05) is 12.4 Å². The number of imidazole rings is 1. The summed E-state index contributed by atoms with van der Waals surface area (Å²) in [5.41, 5.74) is 0. The van der Waals surface area contributed by atoms with E-state index in [-0.39, 0.29) is 11.9 Å². The van der Waals surface area contributed by atoms with E-state index in [2.05, 4.69) is 21.9 Å². The van der Waals surface area contributed by atoms with E-state index in [4.69, 9.17) is 14.2 Å². The lowest BCUT2D eigenvalue weighted by molar-refractivity contribution is -0.210. The van der Waals surface area contributed by atoms with Crippen molar-refractivity contribution in [3.63, 3.8) is 0 Å². The minimum Gasteiger partial charge on any atom is -0.381 e. The van der Waals surface area contributed by atoms with Gasteiger partial charge in [-0.15, -0.1) is 0 Å². The summed E-state index contributed by atoms with van der Waals surface area (Å²) < 4.78 is 19.7. The smallest absolute Gasteiger partial charge is 0.173 e. The summed E-state index contributed by atoms with van der Waals surface area (Å²) in [6.07, 6.45) is 8.27. The molecule has 22 heavy (non-hydrogen) atoms. The highest BCUT2D eigenvalue weighted by atomic mass is 16.7. The first-order valence-electron chi connectivity index (χ1n) is 8.36. The monoisotopic (exact) mass is 307 g/mol. The van der Waals surface area contributed by atoms with Gasteiger partial charge in [-0.05, 0) is 18.8 Å². The normalized spacial score (nSPS) is 29.0. The van der Waals surface area contributed by atoms with E-state index in [1.165, 1.54) is 12.8 Å². The Labute approximate surface area is 131 Å². The predicted molar refractivity (Wildman–Crippen MR) is 80.3 cm³/mol. The summed E-state index contributed by atoms with van der Waals surface area (Å²) in [5, 5.41) is 3.67. The maximum Gasteiger partial charge on any atom is 0.173 e. The third-order valence-electron chi connectivity index (χ3n) is 4.96. The molecule has 2 atom stereocenters. The molecule has 2 aliphatic heterocycles. The highest BCUT2D eigenvalue weighted by Crippen LogP contribution is 2.40. The van der Waals surface area contributed by atoms with Gasteiger partial charge in [0.15, 0.2) is 5.79 Å². The molecule has 0 radical (unpaired) electrons. The topological polar surface area (TPSA) is 57.5 Å². The summed E-state index contributed by atoms with van der Waals surface area (Å²) in [4.78, 5) is 4.52. The fraction of sp³-hybridized carbons (Fsp3) is 0.812. The standard InChI is InChI=1S/C16H25N3O3/c1-19-7-6-17-15(19)14(12-2-3-12)18-10-13-11-21-16(22-13)4-8-20-9-5-16/h6-7,12-14,18H,2-5,8-11H2,1H3/t13-,14+/m0/s1. The quantitative estimate of drug-likeness (QED) is 0.891. The zero-order valence-corrected chi connectivity index (χ0v) is 13.2. The van der Waals surface area contributed by atoms with Crippen molar-refractivity contribution in [1.29, 1.82) is 0 Å². The van der Waals surface area contributed by atoms with E-state index in [9.17, 15) is 0 Å². The molecule has 3 fully saturated rings. The molecule has 1 saturated carbocycles. The third kappa shape index (κ3) is 2.93. The van der Waals surface area contributed by atoms with Crippen molar-refractivity contribution in [3.05, 3.63) is 18.2 Å². The maximum absolute atomic E-state index is 6.20. The summed E-state index contributed by atoms with van der Waals surface area (Å²) in [5.74, 6) is 1.45. The summed E-state index contributed by atoms with van der Waals surface area (Å²) in [7, 11) is 2.06. The molecule has 0 aromatic carbocycles. The average molecular weight is 307 g/mol. The number of rotatable bonds is 5. The summed E-state index contributed by atoms with van der Waals surface area (Å²) >= 11 is 0. The molecule has 0 unspecified atom stereocenters. The SMILES string of the molecule is Cn1ccnc1[C@H](NC[C@H]1COC2(CCOCC2)O1)C1CC1. The van der Waals surface area contributed by atoms with Crippen LogP contribution in [0.2, 0.25) is 0 Å². The van der Waals surface area contributed by atoms with Gasteiger partial charge in [0.2, 0.25) is 0 Å². The van der Waals surface area contributed by atoms with Crippen LogP contribution in [0.25, 0.3) is 0 Å². The van der Waals surface area contributed by atoms with Gasteiger partial charge in [-0.2, -0.15) is 0 Å². The zero-order chi connectivity index (χ0) is 15.0. The van der Waals surface area contributed by atoms with Crippen molar-refractivity contribution in [1.82, 2.24) is 14.9 Å². The van der Waals surface area contributed by atoms with Gasteiger partial charge in [0, 0.05) is 38.8 Å². The number of hydrogen-bond donors (Lipinski definition) is 1. The van der Waals surface area contributed by atoms with Crippen molar-refractivity contribution in [2.24, 2.45) is 13.0 Å². The van der Waals surface area contributed by atoms with Gasteiger partial charge >= 0.3 is 0 Å². The molecule has 6 heteroatoms. The number of ether oxygens (including phenoxy) is 3. The molecule has 0 amide bonds. The number of aryl methyl sites for hydroxylation is 1. The van der Waals surface area contributed by atoms with Crippen molar-refractivity contribution in [2.45, 2.75) is 43.6 Å². The molecule has 3 aliphatic rings. The van der Waals surface area contributed by atoms with Crippen LogP contribution >= 0.6 is 0 Å². The van der Waals surface area contributed by atoms with E-state index in [0.717, 1.165) is 38.4 Å². The second-order valence-electron chi connectivity index (χ2n) is 6.69. The Morgan fingerprint density at radius 2 is 2.23 bits per heavy atom. The van der Waals surface area contributed by atoms with Gasteiger partial charge < -0.3 is 24.1 Å². The van der Waals surface area contributed by atoms with E-state index < -0.39 is 0 Å². The van der Waals surface area contributed by atoms with Gasteiger partial charge in [-0.3, -0.25) is 0 Å². The van der Waals surface area contributed by atoms with E-state index in [0.29, 0.717) is 18.6 Å².